The molecular formula is C14H18N4O. The number of aryl methyl sites for hydroxylation is 1. The molecule has 0 spiro atoms. The van der Waals surface area contributed by atoms with Crippen LogP contribution >= 0.6 is 0 Å². The number of amides is 1. The quantitative estimate of drug-likeness (QED) is 0.915. The molecule has 0 fully saturated rings. The van der Waals surface area contributed by atoms with Gasteiger partial charge in [-0.05, 0) is 24.0 Å². The Bertz CT molecular complexity index is 561. The molecule has 1 N–H and O–H groups in total. The maximum Gasteiger partial charge on any atom is 0.246 e. The normalized spacial score (nSPS) is 10.7. The Hall–Kier alpha value is -2.17. The van der Waals surface area contributed by atoms with E-state index in [-0.39, 0.29) is 12.5 Å². The van der Waals surface area contributed by atoms with Gasteiger partial charge in [-0.25, -0.2) is 9.67 Å². The molecule has 1 amide bonds. The molecule has 100 valence electrons. The molecule has 2 aromatic rings. The maximum absolute atomic E-state index is 12.0. The first kappa shape index (κ1) is 13.3. The third-order valence-electron chi connectivity index (χ3n) is 2.96. The van der Waals surface area contributed by atoms with Crippen LogP contribution in [0.15, 0.2) is 30.9 Å². The number of carbonyl (C=O) groups is 1. The molecule has 0 atom stereocenters. The highest BCUT2D eigenvalue weighted by atomic mass is 16.2. The summed E-state index contributed by atoms with van der Waals surface area (Å²) < 4.78 is 1.50. The molecule has 0 saturated carbocycles. The van der Waals surface area contributed by atoms with Gasteiger partial charge in [-0.1, -0.05) is 32.0 Å². The van der Waals surface area contributed by atoms with Gasteiger partial charge in [0.15, 0.2) is 0 Å². The average Bonchev–Trinajstić information content (AvgIpc) is 2.84. The van der Waals surface area contributed by atoms with Crippen LogP contribution in [0.25, 0.3) is 0 Å². The van der Waals surface area contributed by atoms with Crippen LogP contribution in [0.4, 0.5) is 5.69 Å². The van der Waals surface area contributed by atoms with Gasteiger partial charge in [-0.2, -0.15) is 5.10 Å². The van der Waals surface area contributed by atoms with Gasteiger partial charge in [0.2, 0.25) is 5.91 Å². The lowest BCUT2D eigenvalue weighted by Crippen LogP contribution is -2.20. The number of hydrogen-bond acceptors (Lipinski definition) is 3. The van der Waals surface area contributed by atoms with Crippen LogP contribution in [0.3, 0.4) is 0 Å². The highest BCUT2D eigenvalue weighted by molar-refractivity contribution is 5.92. The van der Waals surface area contributed by atoms with Crippen LogP contribution in [0, 0.1) is 6.92 Å². The van der Waals surface area contributed by atoms with E-state index < -0.39 is 0 Å². The number of para-hydroxylation sites is 1. The Kier molecular flexibility index (Phi) is 3.94. The summed E-state index contributed by atoms with van der Waals surface area (Å²) in [6, 6.07) is 6.05. The Morgan fingerprint density at radius 3 is 2.84 bits per heavy atom. The predicted octanol–water partition coefficient (Wildman–Crippen LogP) is 2.35. The molecule has 0 aliphatic carbocycles. The lowest BCUT2D eigenvalue weighted by Gasteiger charge is -2.16. The first-order valence-corrected chi connectivity index (χ1v) is 6.29. The molecule has 0 aliphatic heterocycles. The van der Waals surface area contributed by atoms with Gasteiger partial charge in [0.25, 0.3) is 0 Å². The van der Waals surface area contributed by atoms with Crippen molar-refractivity contribution in [3.8, 4) is 0 Å². The first-order valence-electron chi connectivity index (χ1n) is 6.29. The lowest BCUT2D eigenvalue weighted by atomic mass is 9.98. The Morgan fingerprint density at radius 1 is 1.42 bits per heavy atom. The van der Waals surface area contributed by atoms with Crippen molar-refractivity contribution >= 4 is 11.6 Å². The van der Waals surface area contributed by atoms with E-state index in [1.165, 1.54) is 17.3 Å². The van der Waals surface area contributed by atoms with E-state index in [1.807, 2.05) is 25.1 Å². The SMILES string of the molecule is Cc1cccc(C(C)C)c1NC(=O)Cn1cncn1. The van der Waals surface area contributed by atoms with E-state index in [2.05, 4.69) is 29.2 Å². The third-order valence-corrected chi connectivity index (χ3v) is 2.96. The van der Waals surface area contributed by atoms with E-state index in [4.69, 9.17) is 0 Å². The van der Waals surface area contributed by atoms with E-state index in [9.17, 15) is 4.79 Å². The zero-order valence-electron chi connectivity index (χ0n) is 11.4. The smallest absolute Gasteiger partial charge is 0.246 e. The van der Waals surface area contributed by atoms with Crippen molar-refractivity contribution in [2.45, 2.75) is 33.2 Å². The molecule has 0 unspecified atom stereocenters. The molecule has 5 heteroatoms. The van der Waals surface area contributed by atoms with Crippen LogP contribution in [0.2, 0.25) is 0 Å². The number of hydrogen-bond donors (Lipinski definition) is 1. The number of aromatic nitrogens is 3. The molecule has 1 aromatic carbocycles. The van der Waals surface area contributed by atoms with Crippen molar-refractivity contribution < 1.29 is 4.79 Å². The fourth-order valence-electron chi connectivity index (χ4n) is 1.98. The summed E-state index contributed by atoms with van der Waals surface area (Å²) in [5, 5.41) is 6.89. The molecule has 0 aliphatic rings. The minimum atomic E-state index is -0.0956. The zero-order valence-corrected chi connectivity index (χ0v) is 11.4. The number of anilines is 1. The van der Waals surface area contributed by atoms with Crippen molar-refractivity contribution in [1.29, 1.82) is 0 Å². The van der Waals surface area contributed by atoms with Crippen molar-refractivity contribution in [3.05, 3.63) is 42.0 Å². The maximum atomic E-state index is 12.0. The van der Waals surface area contributed by atoms with E-state index in [1.54, 1.807) is 0 Å². The number of carbonyl (C=O) groups excluding carboxylic acids is 1. The Morgan fingerprint density at radius 2 is 2.21 bits per heavy atom. The van der Waals surface area contributed by atoms with Gasteiger partial charge in [0, 0.05) is 5.69 Å². The molecule has 5 nitrogen and oxygen atoms in total. The average molecular weight is 258 g/mol. The minimum absolute atomic E-state index is 0.0956. The standard InChI is InChI=1S/C14H18N4O/c1-10(2)12-6-4-5-11(3)14(12)17-13(19)7-18-9-15-8-16-18/h4-6,8-10H,7H2,1-3H3,(H,17,19). The molecule has 1 heterocycles. The van der Waals surface area contributed by atoms with Crippen molar-refractivity contribution in [3.63, 3.8) is 0 Å². The summed E-state index contributed by atoms with van der Waals surface area (Å²) in [4.78, 5) is 15.8. The highest BCUT2D eigenvalue weighted by Crippen LogP contribution is 2.27. The van der Waals surface area contributed by atoms with Gasteiger partial charge >= 0.3 is 0 Å². The van der Waals surface area contributed by atoms with Gasteiger partial charge in [0.1, 0.15) is 19.2 Å². The fraction of sp³-hybridized carbons (Fsp3) is 0.357. The van der Waals surface area contributed by atoms with E-state index >= 15 is 0 Å². The lowest BCUT2D eigenvalue weighted by molar-refractivity contribution is -0.116. The molecular weight excluding hydrogens is 240 g/mol. The number of nitrogens with zero attached hydrogens (tertiary/aromatic N) is 3. The molecule has 0 radical (unpaired) electrons. The fourth-order valence-corrected chi connectivity index (χ4v) is 1.98. The van der Waals surface area contributed by atoms with E-state index in [0.29, 0.717) is 5.92 Å². The second-order valence-corrected chi connectivity index (χ2v) is 4.84. The summed E-state index contributed by atoms with van der Waals surface area (Å²) in [7, 11) is 0. The van der Waals surface area contributed by atoms with Crippen molar-refractivity contribution in [1.82, 2.24) is 14.8 Å². The number of rotatable bonds is 4. The van der Waals surface area contributed by atoms with Crippen LogP contribution in [0.1, 0.15) is 30.9 Å². The summed E-state index contributed by atoms with van der Waals surface area (Å²) >= 11 is 0. The molecule has 0 saturated heterocycles. The second-order valence-electron chi connectivity index (χ2n) is 4.84. The topological polar surface area (TPSA) is 59.8 Å². The van der Waals surface area contributed by atoms with Crippen LogP contribution < -0.4 is 5.32 Å². The molecule has 1 aromatic heterocycles. The van der Waals surface area contributed by atoms with Gasteiger partial charge in [-0.15, -0.1) is 0 Å². The van der Waals surface area contributed by atoms with E-state index in [0.717, 1.165) is 16.8 Å². The molecule has 19 heavy (non-hydrogen) atoms. The Balaban J connectivity index is 2.16. The predicted molar refractivity (Wildman–Crippen MR) is 73.9 cm³/mol. The second kappa shape index (κ2) is 5.65. The summed E-state index contributed by atoms with van der Waals surface area (Å²) in [5.74, 6) is 0.267. The van der Waals surface area contributed by atoms with Gasteiger partial charge < -0.3 is 5.32 Å². The van der Waals surface area contributed by atoms with Crippen molar-refractivity contribution in [2.24, 2.45) is 0 Å². The van der Waals surface area contributed by atoms with Crippen molar-refractivity contribution in [2.75, 3.05) is 5.32 Å². The van der Waals surface area contributed by atoms with Crippen LogP contribution in [-0.2, 0) is 11.3 Å². The first-order chi connectivity index (χ1) is 9.08. The number of benzene rings is 1. The largest absolute Gasteiger partial charge is 0.324 e. The zero-order chi connectivity index (χ0) is 13.8. The third kappa shape index (κ3) is 3.19. The summed E-state index contributed by atoms with van der Waals surface area (Å²) in [5.41, 5.74) is 3.12. The van der Waals surface area contributed by atoms with Crippen LogP contribution in [-0.4, -0.2) is 20.7 Å². The van der Waals surface area contributed by atoms with Gasteiger partial charge in [0.05, 0.1) is 0 Å². The number of nitrogens with one attached hydrogen (secondary N) is 1. The summed E-state index contributed by atoms with van der Waals surface area (Å²) in [6.45, 7) is 6.40. The molecule has 0 bridgehead atoms. The highest BCUT2D eigenvalue weighted by Gasteiger charge is 2.12. The molecule has 2 rings (SSSR count). The van der Waals surface area contributed by atoms with Gasteiger partial charge in [-0.3, -0.25) is 4.79 Å². The monoisotopic (exact) mass is 258 g/mol. The Labute approximate surface area is 112 Å². The van der Waals surface area contributed by atoms with Crippen LogP contribution in [0.5, 0.6) is 0 Å². The minimum Gasteiger partial charge on any atom is -0.324 e. The summed E-state index contributed by atoms with van der Waals surface area (Å²) in [6.07, 6.45) is 2.95.